The normalized spacial score (nSPS) is 12.0. The Hall–Kier alpha value is -1.29. The van der Waals surface area contributed by atoms with Crippen LogP contribution in [-0.2, 0) is 0 Å². The Balaban J connectivity index is 2.74. The van der Waals surface area contributed by atoms with Gasteiger partial charge in [-0.25, -0.2) is 4.98 Å². The first kappa shape index (κ1) is 14.8. The second kappa shape index (κ2) is 7.21. The molecule has 0 aliphatic heterocycles. The number of nitrogens with one attached hydrogen (secondary N) is 2. The molecule has 0 bridgehead atoms. The average Bonchev–Trinajstić information content (AvgIpc) is 2.37. The molecular formula is C13H20ClN3O. The van der Waals surface area contributed by atoms with Crippen LogP contribution in [0.1, 0.15) is 44.0 Å². The van der Waals surface area contributed by atoms with Crippen LogP contribution in [0.2, 0.25) is 5.02 Å². The zero-order valence-corrected chi connectivity index (χ0v) is 11.8. The predicted molar refractivity (Wildman–Crippen MR) is 75.2 cm³/mol. The fraction of sp³-hybridized carbons (Fsp3) is 0.538. The van der Waals surface area contributed by atoms with Crippen molar-refractivity contribution in [2.75, 3.05) is 11.9 Å². The maximum Gasteiger partial charge on any atom is 0.253 e. The summed E-state index contributed by atoms with van der Waals surface area (Å²) in [6, 6.07) is 1.79. The largest absolute Gasteiger partial charge is 0.369 e. The summed E-state index contributed by atoms with van der Waals surface area (Å²) in [7, 11) is 0. The van der Waals surface area contributed by atoms with Gasteiger partial charge in [0.2, 0.25) is 0 Å². The highest BCUT2D eigenvalue weighted by Gasteiger charge is 2.11. The molecule has 5 heteroatoms. The van der Waals surface area contributed by atoms with E-state index in [9.17, 15) is 4.79 Å². The van der Waals surface area contributed by atoms with Gasteiger partial charge >= 0.3 is 0 Å². The van der Waals surface area contributed by atoms with E-state index in [0.717, 1.165) is 19.4 Å². The molecule has 18 heavy (non-hydrogen) atoms. The standard InChI is InChI=1S/C13H20ClN3O/c1-4-6-15-12-11(14)7-10(8-16-12)13(18)17-9(3)5-2/h7-9H,4-6H2,1-3H3,(H,15,16)(H,17,18). The van der Waals surface area contributed by atoms with Crippen LogP contribution in [0.15, 0.2) is 12.3 Å². The lowest BCUT2D eigenvalue weighted by molar-refractivity contribution is 0.0939. The Bertz CT molecular complexity index is 409. The number of anilines is 1. The number of amides is 1. The van der Waals surface area contributed by atoms with E-state index in [0.29, 0.717) is 16.4 Å². The first-order chi connectivity index (χ1) is 8.58. The number of nitrogens with zero attached hydrogens (tertiary/aromatic N) is 1. The van der Waals surface area contributed by atoms with Crippen molar-refractivity contribution < 1.29 is 4.79 Å². The topological polar surface area (TPSA) is 54.0 Å². The molecule has 4 nitrogen and oxygen atoms in total. The van der Waals surface area contributed by atoms with Gasteiger partial charge in [-0.05, 0) is 25.8 Å². The minimum absolute atomic E-state index is 0.138. The molecule has 100 valence electrons. The van der Waals surface area contributed by atoms with Crippen molar-refractivity contribution in [3.63, 3.8) is 0 Å². The second-order valence-electron chi connectivity index (χ2n) is 4.26. The third kappa shape index (κ3) is 4.18. The molecule has 1 aromatic rings. The molecule has 1 aromatic heterocycles. The number of carbonyl (C=O) groups is 1. The van der Waals surface area contributed by atoms with Gasteiger partial charge in [0.15, 0.2) is 0 Å². The number of hydrogen-bond acceptors (Lipinski definition) is 3. The molecule has 0 radical (unpaired) electrons. The minimum atomic E-state index is -0.138. The first-order valence-corrected chi connectivity index (χ1v) is 6.66. The van der Waals surface area contributed by atoms with E-state index in [-0.39, 0.29) is 11.9 Å². The summed E-state index contributed by atoms with van der Waals surface area (Å²) in [6.07, 6.45) is 3.43. The van der Waals surface area contributed by atoms with Gasteiger partial charge in [0.05, 0.1) is 10.6 Å². The van der Waals surface area contributed by atoms with E-state index in [4.69, 9.17) is 11.6 Å². The molecule has 0 aromatic carbocycles. The lowest BCUT2D eigenvalue weighted by Crippen LogP contribution is -2.32. The van der Waals surface area contributed by atoms with Crippen molar-refractivity contribution in [2.45, 2.75) is 39.7 Å². The lowest BCUT2D eigenvalue weighted by Gasteiger charge is -2.12. The van der Waals surface area contributed by atoms with E-state index in [1.165, 1.54) is 0 Å². The summed E-state index contributed by atoms with van der Waals surface area (Å²) in [4.78, 5) is 16.0. The molecule has 0 aliphatic carbocycles. The van der Waals surface area contributed by atoms with Gasteiger partial charge in [0.25, 0.3) is 5.91 Å². The Morgan fingerprint density at radius 1 is 1.50 bits per heavy atom. The van der Waals surface area contributed by atoms with Crippen LogP contribution in [0, 0.1) is 0 Å². The molecular weight excluding hydrogens is 250 g/mol. The molecule has 0 saturated heterocycles. The van der Waals surface area contributed by atoms with E-state index < -0.39 is 0 Å². The maximum atomic E-state index is 11.9. The number of carbonyl (C=O) groups excluding carboxylic acids is 1. The van der Waals surface area contributed by atoms with Crippen molar-refractivity contribution in [3.05, 3.63) is 22.8 Å². The van der Waals surface area contributed by atoms with Gasteiger partial charge in [-0.3, -0.25) is 4.79 Å². The quantitative estimate of drug-likeness (QED) is 0.834. The Labute approximate surface area is 113 Å². The Morgan fingerprint density at radius 3 is 2.78 bits per heavy atom. The highest BCUT2D eigenvalue weighted by atomic mass is 35.5. The third-order valence-electron chi connectivity index (χ3n) is 2.64. The Morgan fingerprint density at radius 2 is 2.22 bits per heavy atom. The van der Waals surface area contributed by atoms with Crippen LogP contribution < -0.4 is 10.6 Å². The van der Waals surface area contributed by atoms with Gasteiger partial charge in [0.1, 0.15) is 5.82 Å². The highest BCUT2D eigenvalue weighted by molar-refractivity contribution is 6.33. The number of rotatable bonds is 6. The molecule has 1 atom stereocenters. The summed E-state index contributed by atoms with van der Waals surface area (Å²) in [5, 5.41) is 6.46. The molecule has 0 saturated carbocycles. The molecule has 0 aliphatic rings. The number of pyridine rings is 1. The van der Waals surface area contributed by atoms with Gasteiger partial charge in [-0.1, -0.05) is 25.4 Å². The number of hydrogen-bond donors (Lipinski definition) is 2. The molecule has 2 N–H and O–H groups in total. The van der Waals surface area contributed by atoms with E-state index in [2.05, 4.69) is 22.5 Å². The summed E-state index contributed by atoms with van der Waals surface area (Å²) in [6.45, 7) is 6.86. The SMILES string of the molecule is CCCNc1ncc(C(=O)NC(C)CC)cc1Cl. The maximum absolute atomic E-state index is 11.9. The Kier molecular flexibility index (Phi) is 5.92. The van der Waals surface area contributed by atoms with Crippen molar-refractivity contribution in [3.8, 4) is 0 Å². The molecule has 1 rings (SSSR count). The number of aromatic nitrogens is 1. The third-order valence-corrected chi connectivity index (χ3v) is 2.92. The van der Waals surface area contributed by atoms with E-state index >= 15 is 0 Å². The average molecular weight is 270 g/mol. The van der Waals surface area contributed by atoms with Crippen LogP contribution in [0.4, 0.5) is 5.82 Å². The molecule has 0 spiro atoms. The number of halogens is 1. The van der Waals surface area contributed by atoms with Gasteiger partial charge < -0.3 is 10.6 Å². The smallest absolute Gasteiger partial charge is 0.253 e. The van der Waals surface area contributed by atoms with Crippen LogP contribution in [-0.4, -0.2) is 23.5 Å². The first-order valence-electron chi connectivity index (χ1n) is 6.28. The predicted octanol–water partition coefficient (Wildman–Crippen LogP) is 3.09. The zero-order chi connectivity index (χ0) is 13.5. The van der Waals surface area contributed by atoms with Crippen LogP contribution in [0.3, 0.4) is 0 Å². The zero-order valence-electron chi connectivity index (χ0n) is 11.1. The van der Waals surface area contributed by atoms with Crippen molar-refractivity contribution >= 4 is 23.3 Å². The molecule has 1 unspecified atom stereocenters. The molecule has 1 amide bonds. The van der Waals surface area contributed by atoms with Crippen LogP contribution in [0.25, 0.3) is 0 Å². The van der Waals surface area contributed by atoms with Crippen LogP contribution >= 0.6 is 11.6 Å². The van der Waals surface area contributed by atoms with Crippen molar-refractivity contribution in [2.24, 2.45) is 0 Å². The van der Waals surface area contributed by atoms with E-state index in [1.54, 1.807) is 12.3 Å². The lowest BCUT2D eigenvalue weighted by atomic mass is 10.2. The molecule has 0 fully saturated rings. The molecule has 1 heterocycles. The summed E-state index contributed by atoms with van der Waals surface area (Å²) in [5.74, 6) is 0.486. The van der Waals surface area contributed by atoms with Gasteiger partial charge in [-0.15, -0.1) is 0 Å². The van der Waals surface area contributed by atoms with E-state index in [1.807, 2.05) is 13.8 Å². The van der Waals surface area contributed by atoms with Gasteiger partial charge in [0, 0.05) is 18.8 Å². The minimum Gasteiger partial charge on any atom is -0.369 e. The fourth-order valence-electron chi connectivity index (χ4n) is 1.34. The second-order valence-corrected chi connectivity index (χ2v) is 4.67. The monoisotopic (exact) mass is 269 g/mol. The summed E-state index contributed by atoms with van der Waals surface area (Å²) in [5.41, 5.74) is 0.488. The summed E-state index contributed by atoms with van der Waals surface area (Å²) < 4.78 is 0. The highest BCUT2D eigenvalue weighted by Crippen LogP contribution is 2.20. The summed E-state index contributed by atoms with van der Waals surface area (Å²) >= 11 is 6.07. The van der Waals surface area contributed by atoms with Gasteiger partial charge in [-0.2, -0.15) is 0 Å². The van der Waals surface area contributed by atoms with Crippen molar-refractivity contribution in [1.82, 2.24) is 10.3 Å². The van der Waals surface area contributed by atoms with Crippen molar-refractivity contribution in [1.29, 1.82) is 0 Å². The van der Waals surface area contributed by atoms with Crippen LogP contribution in [0.5, 0.6) is 0 Å². The fourth-order valence-corrected chi connectivity index (χ4v) is 1.58.